The van der Waals surface area contributed by atoms with Crippen molar-refractivity contribution in [3.63, 3.8) is 0 Å². The van der Waals surface area contributed by atoms with Gasteiger partial charge in [-0.15, -0.1) is 0 Å². The van der Waals surface area contributed by atoms with E-state index in [9.17, 15) is 4.39 Å². The third-order valence-electron chi connectivity index (χ3n) is 3.07. The van der Waals surface area contributed by atoms with Gasteiger partial charge in [0, 0.05) is 32.4 Å². The average molecular weight is 268 g/mol. The molecular formula is C15H25FN2O. The number of methoxy groups -OCH3 is 1. The Balaban J connectivity index is 2.22. The Morgan fingerprint density at radius 2 is 2.11 bits per heavy atom. The summed E-state index contributed by atoms with van der Waals surface area (Å²) in [6, 6.07) is 6.81. The largest absolute Gasteiger partial charge is 0.383 e. The molecule has 0 aromatic heterocycles. The maximum absolute atomic E-state index is 13.2. The van der Waals surface area contributed by atoms with E-state index >= 15 is 0 Å². The fourth-order valence-corrected chi connectivity index (χ4v) is 1.99. The molecule has 0 bridgehead atoms. The van der Waals surface area contributed by atoms with Gasteiger partial charge in [-0.25, -0.2) is 4.39 Å². The summed E-state index contributed by atoms with van der Waals surface area (Å²) in [5.41, 5.74) is 0.967. The molecule has 1 rings (SSSR count). The molecule has 108 valence electrons. The van der Waals surface area contributed by atoms with E-state index in [2.05, 4.69) is 17.1 Å². The van der Waals surface area contributed by atoms with Crippen LogP contribution >= 0.6 is 0 Å². The minimum atomic E-state index is -0.169. The highest BCUT2D eigenvalue weighted by Gasteiger charge is 2.04. The second-order valence-electron chi connectivity index (χ2n) is 4.51. The third-order valence-corrected chi connectivity index (χ3v) is 3.07. The maximum atomic E-state index is 13.2. The zero-order valence-corrected chi connectivity index (χ0v) is 12.0. The van der Waals surface area contributed by atoms with E-state index < -0.39 is 0 Å². The van der Waals surface area contributed by atoms with E-state index in [1.807, 2.05) is 6.07 Å². The van der Waals surface area contributed by atoms with Crippen molar-refractivity contribution in [2.24, 2.45) is 0 Å². The molecule has 19 heavy (non-hydrogen) atoms. The summed E-state index contributed by atoms with van der Waals surface area (Å²) in [6.45, 7) is 6.63. The van der Waals surface area contributed by atoms with Crippen molar-refractivity contribution in [1.29, 1.82) is 0 Å². The Bertz CT molecular complexity index is 347. The molecule has 0 saturated carbocycles. The Hall–Kier alpha value is -1.13. The highest BCUT2D eigenvalue weighted by Crippen LogP contribution is 2.15. The van der Waals surface area contributed by atoms with E-state index in [0.29, 0.717) is 0 Å². The van der Waals surface area contributed by atoms with Crippen molar-refractivity contribution in [3.8, 4) is 0 Å². The van der Waals surface area contributed by atoms with Crippen LogP contribution in [0.5, 0.6) is 0 Å². The number of anilines is 1. The quantitative estimate of drug-likeness (QED) is 0.660. The van der Waals surface area contributed by atoms with E-state index in [-0.39, 0.29) is 5.82 Å². The normalized spacial score (nSPS) is 10.7. The first-order valence-corrected chi connectivity index (χ1v) is 6.98. The number of rotatable bonds is 10. The van der Waals surface area contributed by atoms with Gasteiger partial charge >= 0.3 is 0 Å². The molecule has 1 N–H and O–H groups in total. The SMILES string of the molecule is CCN(CCCCNCCOC)c1cccc(F)c1. The van der Waals surface area contributed by atoms with Gasteiger partial charge in [-0.05, 0) is 44.5 Å². The summed E-state index contributed by atoms with van der Waals surface area (Å²) in [5.74, 6) is -0.169. The Morgan fingerprint density at radius 3 is 2.79 bits per heavy atom. The summed E-state index contributed by atoms with van der Waals surface area (Å²) >= 11 is 0. The third kappa shape index (κ3) is 6.55. The Labute approximate surface area is 115 Å². The predicted molar refractivity (Wildman–Crippen MR) is 78.3 cm³/mol. The van der Waals surface area contributed by atoms with E-state index in [0.717, 1.165) is 51.3 Å². The number of hydrogen-bond acceptors (Lipinski definition) is 3. The molecule has 1 aromatic rings. The predicted octanol–water partition coefficient (Wildman–Crippen LogP) is 2.67. The zero-order chi connectivity index (χ0) is 13.9. The standard InChI is InChI=1S/C15H25FN2O/c1-3-18(15-8-6-7-14(16)13-15)11-5-4-9-17-10-12-19-2/h6-8,13,17H,3-5,9-12H2,1-2H3. The molecule has 0 radical (unpaired) electrons. The van der Waals surface area contributed by atoms with Gasteiger partial charge in [0.2, 0.25) is 0 Å². The molecule has 0 aliphatic carbocycles. The average Bonchev–Trinajstić information content (AvgIpc) is 2.42. The molecule has 0 heterocycles. The molecule has 1 aromatic carbocycles. The van der Waals surface area contributed by atoms with Gasteiger partial charge in [0.25, 0.3) is 0 Å². The lowest BCUT2D eigenvalue weighted by atomic mass is 10.2. The first-order chi connectivity index (χ1) is 9.27. The first-order valence-electron chi connectivity index (χ1n) is 6.98. The number of unbranched alkanes of at least 4 members (excludes halogenated alkanes) is 1. The van der Waals surface area contributed by atoms with Gasteiger partial charge in [0.1, 0.15) is 5.82 Å². The van der Waals surface area contributed by atoms with Crippen LogP contribution < -0.4 is 10.2 Å². The lowest BCUT2D eigenvalue weighted by Gasteiger charge is -2.23. The van der Waals surface area contributed by atoms with Crippen LogP contribution in [-0.2, 0) is 4.74 Å². The first kappa shape index (κ1) is 15.9. The van der Waals surface area contributed by atoms with Crippen LogP contribution in [0.3, 0.4) is 0 Å². The summed E-state index contributed by atoms with van der Waals surface area (Å²) in [5, 5.41) is 3.32. The molecule has 0 atom stereocenters. The van der Waals surface area contributed by atoms with Crippen LogP contribution in [0.25, 0.3) is 0 Å². The highest BCUT2D eigenvalue weighted by molar-refractivity contribution is 5.46. The molecule has 0 aliphatic heterocycles. The van der Waals surface area contributed by atoms with E-state index in [1.54, 1.807) is 19.2 Å². The number of nitrogens with one attached hydrogen (secondary N) is 1. The molecule has 0 saturated heterocycles. The van der Waals surface area contributed by atoms with Crippen molar-refractivity contribution in [3.05, 3.63) is 30.1 Å². The molecule has 3 nitrogen and oxygen atoms in total. The smallest absolute Gasteiger partial charge is 0.125 e. The molecule has 4 heteroatoms. The topological polar surface area (TPSA) is 24.5 Å². The van der Waals surface area contributed by atoms with Crippen molar-refractivity contribution in [2.75, 3.05) is 44.8 Å². The minimum Gasteiger partial charge on any atom is -0.383 e. The number of benzene rings is 1. The van der Waals surface area contributed by atoms with Gasteiger partial charge in [-0.2, -0.15) is 0 Å². The van der Waals surface area contributed by atoms with Crippen molar-refractivity contribution in [2.45, 2.75) is 19.8 Å². The number of halogens is 1. The molecular weight excluding hydrogens is 243 g/mol. The number of nitrogens with zero attached hydrogens (tertiary/aromatic N) is 1. The summed E-state index contributed by atoms with van der Waals surface area (Å²) < 4.78 is 18.1. The molecule has 0 spiro atoms. The zero-order valence-electron chi connectivity index (χ0n) is 12.0. The summed E-state index contributed by atoms with van der Waals surface area (Å²) in [4.78, 5) is 2.21. The van der Waals surface area contributed by atoms with Crippen molar-refractivity contribution in [1.82, 2.24) is 5.32 Å². The van der Waals surface area contributed by atoms with Crippen LogP contribution in [0.1, 0.15) is 19.8 Å². The van der Waals surface area contributed by atoms with Gasteiger partial charge in [-0.1, -0.05) is 6.07 Å². The monoisotopic (exact) mass is 268 g/mol. The second kappa shape index (κ2) is 9.75. The van der Waals surface area contributed by atoms with Crippen LogP contribution in [0.2, 0.25) is 0 Å². The molecule has 0 unspecified atom stereocenters. The molecule has 0 fully saturated rings. The highest BCUT2D eigenvalue weighted by atomic mass is 19.1. The summed E-state index contributed by atoms with van der Waals surface area (Å²) in [6.07, 6.45) is 2.22. The van der Waals surface area contributed by atoms with Crippen LogP contribution in [0, 0.1) is 5.82 Å². The van der Waals surface area contributed by atoms with Crippen LogP contribution in [0.15, 0.2) is 24.3 Å². The van der Waals surface area contributed by atoms with Crippen LogP contribution in [-0.4, -0.2) is 39.9 Å². The second-order valence-corrected chi connectivity index (χ2v) is 4.51. The fourth-order valence-electron chi connectivity index (χ4n) is 1.99. The number of hydrogen-bond donors (Lipinski definition) is 1. The minimum absolute atomic E-state index is 0.169. The lowest BCUT2D eigenvalue weighted by molar-refractivity contribution is 0.199. The maximum Gasteiger partial charge on any atom is 0.125 e. The Morgan fingerprint density at radius 1 is 1.26 bits per heavy atom. The fraction of sp³-hybridized carbons (Fsp3) is 0.600. The number of ether oxygens (including phenoxy) is 1. The van der Waals surface area contributed by atoms with Crippen molar-refractivity contribution >= 4 is 5.69 Å². The van der Waals surface area contributed by atoms with Crippen LogP contribution in [0.4, 0.5) is 10.1 Å². The Kier molecular flexibility index (Phi) is 8.18. The molecule has 0 aliphatic rings. The van der Waals surface area contributed by atoms with E-state index in [1.165, 1.54) is 6.07 Å². The van der Waals surface area contributed by atoms with Gasteiger partial charge in [0.15, 0.2) is 0 Å². The molecule has 0 amide bonds. The van der Waals surface area contributed by atoms with Gasteiger partial charge in [0.05, 0.1) is 6.61 Å². The van der Waals surface area contributed by atoms with Crippen molar-refractivity contribution < 1.29 is 9.13 Å². The van der Waals surface area contributed by atoms with Gasteiger partial charge < -0.3 is 15.0 Å². The summed E-state index contributed by atoms with van der Waals surface area (Å²) in [7, 11) is 1.71. The van der Waals surface area contributed by atoms with E-state index in [4.69, 9.17) is 4.74 Å². The van der Waals surface area contributed by atoms with Gasteiger partial charge in [-0.3, -0.25) is 0 Å². The lowest BCUT2D eigenvalue weighted by Crippen LogP contribution is -2.25.